The van der Waals surface area contributed by atoms with Crippen LogP contribution in [0.15, 0.2) is 53.7 Å². The number of carbonyl (C=O) groups excluding carboxylic acids is 2. The minimum absolute atomic E-state index is 0.00556. The first kappa shape index (κ1) is 22.8. The third-order valence-corrected chi connectivity index (χ3v) is 6.71. The van der Waals surface area contributed by atoms with Crippen molar-refractivity contribution in [2.75, 3.05) is 0 Å². The molecular weight excluding hydrogens is 420 g/mol. The molecule has 0 amide bonds. The van der Waals surface area contributed by atoms with E-state index in [4.69, 9.17) is 4.84 Å². The largest absolute Gasteiger partial charge is 0.338 e. The van der Waals surface area contributed by atoms with Crippen molar-refractivity contribution in [3.05, 3.63) is 64.2 Å². The first-order valence-electron chi connectivity index (χ1n) is 11.7. The average Bonchev–Trinajstić information content (AvgIpc) is 3.39. The van der Waals surface area contributed by atoms with Crippen molar-refractivity contribution >= 4 is 23.2 Å². The summed E-state index contributed by atoms with van der Waals surface area (Å²) in [7, 11) is 0. The molecule has 2 aliphatic carbocycles. The van der Waals surface area contributed by atoms with Crippen LogP contribution in [0.3, 0.4) is 0 Å². The number of nitro groups is 1. The molecule has 0 atom stereocenters. The molecule has 7 nitrogen and oxygen atoms in total. The lowest BCUT2D eigenvalue weighted by molar-refractivity contribution is -0.384. The van der Waals surface area contributed by atoms with Crippen molar-refractivity contribution in [1.29, 1.82) is 0 Å². The first-order chi connectivity index (χ1) is 16.0. The van der Waals surface area contributed by atoms with Crippen LogP contribution in [0.2, 0.25) is 0 Å². The van der Waals surface area contributed by atoms with Gasteiger partial charge in [0.2, 0.25) is 5.78 Å². The van der Waals surface area contributed by atoms with Gasteiger partial charge in [0.25, 0.3) is 5.69 Å². The molecule has 0 N–H and O–H groups in total. The number of Topliss-reactive ketones (excluding diaryl/α,β-unsaturated/α-hetero) is 1. The summed E-state index contributed by atoms with van der Waals surface area (Å²) in [6.07, 6.45) is 8.65. The number of ketones is 1. The number of hydrogen-bond donors (Lipinski definition) is 0. The van der Waals surface area contributed by atoms with E-state index >= 15 is 0 Å². The molecule has 2 fully saturated rings. The lowest BCUT2D eigenvalue weighted by Gasteiger charge is -2.18. The lowest BCUT2D eigenvalue weighted by Crippen LogP contribution is -2.25. The summed E-state index contributed by atoms with van der Waals surface area (Å²) in [5.41, 5.74) is 2.53. The zero-order valence-electron chi connectivity index (χ0n) is 18.6. The number of rotatable bonds is 7. The quantitative estimate of drug-likeness (QED) is 0.167. The highest BCUT2D eigenvalue weighted by atomic mass is 16.7. The summed E-state index contributed by atoms with van der Waals surface area (Å²) in [6, 6.07) is 13.4. The summed E-state index contributed by atoms with van der Waals surface area (Å²) in [5.74, 6) is -0.658. The molecule has 0 unspecified atom stereocenters. The van der Waals surface area contributed by atoms with E-state index in [1.54, 1.807) is 24.3 Å². The molecule has 0 aliphatic heterocycles. The molecule has 0 aromatic heterocycles. The zero-order valence-corrected chi connectivity index (χ0v) is 18.6. The van der Waals surface area contributed by atoms with Crippen molar-refractivity contribution < 1.29 is 19.3 Å². The van der Waals surface area contributed by atoms with E-state index in [1.807, 2.05) is 12.1 Å². The third-order valence-electron chi connectivity index (χ3n) is 6.71. The number of oxime groups is 1. The van der Waals surface area contributed by atoms with E-state index in [1.165, 1.54) is 12.1 Å². The molecule has 2 aliphatic rings. The predicted molar refractivity (Wildman–Crippen MR) is 125 cm³/mol. The van der Waals surface area contributed by atoms with Crippen molar-refractivity contribution in [3.63, 3.8) is 0 Å². The number of hydrogen-bond acceptors (Lipinski definition) is 6. The monoisotopic (exact) mass is 448 g/mol. The van der Waals surface area contributed by atoms with Crippen molar-refractivity contribution in [3.8, 4) is 11.1 Å². The summed E-state index contributed by atoms with van der Waals surface area (Å²) < 4.78 is 0. The van der Waals surface area contributed by atoms with Gasteiger partial charge in [0.15, 0.2) is 0 Å². The smallest absolute Gasteiger partial charge is 0.318 e. The van der Waals surface area contributed by atoms with Gasteiger partial charge in [0.1, 0.15) is 5.71 Å². The van der Waals surface area contributed by atoms with E-state index < -0.39 is 4.92 Å². The molecule has 0 radical (unpaired) electrons. The van der Waals surface area contributed by atoms with Crippen molar-refractivity contribution in [2.24, 2.45) is 17.0 Å². The fourth-order valence-electron chi connectivity index (χ4n) is 4.75. The lowest BCUT2D eigenvalue weighted by atomic mass is 9.89. The highest BCUT2D eigenvalue weighted by Gasteiger charge is 2.29. The van der Waals surface area contributed by atoms with Gasteiger partial charge in [-0.15, -0.1) is 0 Å². The van der Waals surface area contributed by atoms with Crippen molar-refractivity contribution in [1.82, 2.24) is 0 Å². The fourth-order valence-corrected chi connectivity index (χ4v) is 4.75. The molecular formula is C26H28N2O5. The molecule has 7 heteroatoms. The van der Waals surface area contributed by atoms with Gasteiger partial charge < -0.3 is 4.84 Å². The van der Waals surface area contributed by atoms with Gasteiger partial charge in [0.05, 0.1) is 10.8 Å². The minimum atomic E-state index is -0.434. The number of non-ortho nitro benzene ring substituents is 1. The minimum Gasteiger partial charge on any atom is -0.318 e. The van der Waals surface area contributed by atoms with Gasteiger partial charge in [-0.05, 0) is 48.9 Å². The number of carbonyl (C=O) groups is 2. The predicted octanol–water partition coefficient (Wildman–Crippen LogP) is 6.11. The maximum absolute atomic E-state index is 13.3. The molecule has 0 bridgehead atoms. The summed E-state index contributed by atoms with van der Waals surface area (Å²) in [5, 5.41) is 15.0. The van der Waals surface area contributed by atoms with Crippen LogP contribution in [-0.2, 0) is 9.63 Å². The summed E-state index contributed by atoms with van der Waals surface area (Å²) >= 11 is 0. The highest BCUT2D eigenvalue weighted by Crippen LogP contribution is 2.29. The Kier molecular flexibility index (Phi) is 7.27. The molecule has 0 saturated heterocycles. The van der Waals surface area contributed by atoms with Crippen LogP contribution in [0, 0.1) is 22.0 Å². The van der Waals surface area contributed by atoms with Crippen LogP contribution in [0.25, 0.3) is 11.1 Å². The standard InChI is InChI=1S/C26H28N2O5/c29-25(21-12-10-18(11-13-21)19-14-16-23(17-15-19)28(31)32)24(20-6-4-5-7-20)27-33-26(30)22-8-2-1-3-9-22/h10-17,20,22H,1-9H2/b27-24-. The first-order valence-corrected chi connectivity index (χ1v) is 11.7. The summed E-state index contributed by atoms with van der Waals surface area (Å²) in [6.45, 7) is 0. The molecule has 0 spiro atoms. The number of nitrogens with zero attached hydrogens (tertiary/aromatic N) is 2. The Morgan fingerprint density at radius 2 is 1.30 bits per heavy atom. The molecule has 172 valence electrons. The van der Waals surface area contributed by atoms with E-state index in [0.29, 0.717) is 11.3 Å². The van der Waals surface area contributed by atoms with Crippen LogP contribution in [-0.4, -0.2) is 22.4 Å². The van der Waals surface area contributed by atoms with Crippen LogP contribution >= 0.6 is 0 Å². The van der Waals surface area contributed by atoms with Crippen LogP contribution < -0.4 is 0 Å². The van der Waals surface area contributed by atoms with Crippen LogP contribution in [0.4, 0.5) is 5.69 Å². The molecule has 0 heterocycles. The van der Waals surface area contributed by atoms with E-state index in [9.17, 15) is 19.7 Å². The molecule has 2 aromatic rings. The van der Waals surface area contributed by atoms with Gasteiger partial charge in [-0.1, -0.05) is 61.5 Å². The fraction of sp³-hybridized carbons (Fsp3) is 0.423. The van der Waals surface area contributed by atoms with Gasteiger partial charge in [0, 0.05) is 23.6 Å². The molecule has 4 rings (SSSR count). The van der Waals surface area contributed by atoms with E-state index in [0.717, 1.165) is 68.9 Å². The maximum Gasteiger partial charge on any atom is 0.338 e. The normalized spacial score (nSPS) is 17.6. The molecule has 2 saturated carbocycles. The van der Waals surface area contributed by atoms with Gasteiger partial charge >= 0.3 is 5.97 Å². The summed E-state index contributed by atoms with van der Waals surface area (Å²) in [4.78, 5) is 41.5. The van der Waals surface area contributed by atoms with E-state index in [2.05, 4.69) is 5.16 Å². The topological polar surface area (TPSA) is 98.9 Å². The third kappa shape index (κ3) is 5.53. The average molecular weight is 449 g/mol. The maximum atomic E-state index is 13.3. The van der Waals surface area contributed by atoms with Gasteiger partial charge in [-0.2, -0.15) is 0 Å². The second kappa shape index (κ2) is 10.5. The van der Waals surface area contributed by atoms with Gasteiger partial charge in [-0.3, -0.25) is 14.9 Å². The number of benzene rings is 2. The Labute approximate surface area is 193 Å². The van der Waals surface area contributed by atoms with Crippen molar-refractivity contribution in [2.45, 2.75) is 57.8 Å². The van der Waals surface area contributed by atoms with E-state index in [-0.39, 0.29) is 29.3 Å². The zero-order chi connectivity index (χ0) is 23.2. The second-order valence-electron chi connectivity index (χ2n) is 8.91. The highest BCUT2D eigenvalue weighted by molar-refractivity contribution is 6.46. The Morgan fingerprint density at radius 3 is 1.88 bits per heavy atom. The molecule has 2 aromatic carbocycles. The molecule has 33 heavy (non-hydrogen) atoms. The number of nitro benzene ring substituents is 1. The van der Waals surface area contributed by atoms with Crippen LogP contribution in [0.1, 0.15) is 68.1 Å². The van der Waals surface area contributed by atoms with Crippen LogP contribution in [0.5, 0.6) is 0 Å². The second-order valence-corrected chi connectivity index (χ2v) is 8.91. The van der Waals surface area contributed by atoms with Gasteiger partial charge in [-0.25, -0.2) is 4.79 Å². The Hall–Kier alpha value is -3.35. The Balaban J connectivity index is 1.50. The SMILES string of the molecule is O=C(/C(=N\OC(=O)C1CCCCC1)C1CCCC1)c1ccc(-c2ccc([N+](=O)[O-])cc2)cc1. The Morgan fingerprint density at radius 1 is 0.788 bits per heavy atom. The Bertz CT molecular complexity index is 1030.